The first-order valence-corrected chi connectivity index (χ1v) is 8.51. The van der Waals surface area contributed by atoms with E-state index in [1.807, 2.05) is 5.38 Å². The van der Waals surface area contributed by atoms with Gasteiger partial charge in [0.2, 0.25) is 0 Å². The van der Waals surface area contributed by atoms with Crippen LogP contribution in [0.15, 0.2) is 41.8 Å². The maximum atomic E-state index is 13.9. The molecule has 1 N–H and O–H groups in total. The van der Waals surface area contributed by atoms with Crippen LogP contribution in [0.3, 0.4) is 0 Å². The van der Waals surface area contributed by atoms with Crippen LogP contribution in [0.5, 0.6) is 0 Å². The summed E-state index contributed by atoms with van der Waals surface area (Å²) in [4.78, 5) is 11.2. The van der Waals surface area contributed by atoms with Gasteiger partial charge in [-0.3, -0.25) is 4.79 Å². The molecule has 4 aromatic rings. The molecule has 126 valence electrons. The number of carbonyl (C=O) groups is 1. The van der Waals surface area contributed by atoms with E-state index in [-0.39, 0.29) is 12.4 Å². The van der Waals surface area contributed by atoms with Crippen LogP contribution in [0.2, 0.25) is 0 Å². The van der Waals surface area contributed by atoms with Crippen molar-refractivity contribution in [1.82, 2.24) is 4.57 Å². The van der Waals surface area contributed by atoms with Crippen LogP contribution in [0.1, 0.15) is 5.69 Å². The highest BCUT2D eigenvalue weighted by Crippen LogP contribution is 2.41. The fourth-order valence-electron chi connectivity index (χ4n) is 3.33. The lowest BCUT2D eigenvalue weighted by Crippen LogP contribution is -2.09. The topological polar surface area (TPSA) is 42.2 Å². The number of benzene rings is 2. The van der Waals surface area contributed by atoms with Gasteiger partial charge in [-0.1, -0.05) is 0 Å². The quantitative estimate of drug-likeness (QED) is 0.548. The van der Waals surface area contributed by atoms with Crippen molar-refractivity contribution in [3.8, 4) is 11.1 Å². The largest absolute Gasteiger partial charge is 0.480 e. The summed E-state index contributed by atoms with van der Waals surface area (Å²) >= 11 is 1.48. The number of carboxylic acids is 1. The monoisotopic (exact) mass is 357 g/mol. The molecule has 0 spiro atoms. The van der Waals surface area contributed by atoms with E-state index in [4.69, 9.17) is 0 Å². The fourth-order valence-corrected chi connectivity index (χ4v) is 4.26. The zero-order valence-electron chi connectivity index (χ0n) is 13.2. The molecule has 0 unspecified atom stereocenters. The zero-order chi connectivity index (χ0) is 17.7. The van der Waals surface area contributed by atoms with E-state index < -0.39 is 11.8 Å². The summed E-state index contributed by atoms with van der Waals surface area (Å²) in [5.74, 6) is -1.71. The summed E-state index contributed by atoms with van der Waals surface area (Å²) in [7, 11) is 0. The molecule has 0 atom stereocenters. The minimum atomic E-state index is -0.975. The van der Waals surface area contributed by atoms with Crippen LogP contribution in [0.4, 0.5) is 8.78 Å². The average Bonchev–Trinajstić information content (AvgIpc) is 3.06. The van der Waals surface area contributed by atoms with Crippen molar-refractivity contribution in [1.29, 1.82) is 0 Å². The lowest BCUT2D eigenvalue weighted by Gasteiger charge is -2.05. The van der Waals surface area contributed by atoms with Gasteiger partial charge in [0.15, 0.2) is 0 Å². The SMILES string of the molecule is Cc1c(-c2csc3ccc(F)cc23)c2cc(F)ccc2n1CC(=O)O. The third kappa shape index (κ3) is 2.49. The molecule has 6 heteroatoms. The Morgan fingerprint density at radius 3 is 2.52 bits per heavy atom. The predicted molar refractivity (Wildman–Crippen MR) is 95.0 cm³/mol. The number of hydrogen-bond acceptors (Lipinski definition) is 2. The first kappa shape index (κ1) is 15.8. The van der Waals surface area contributed by atoms with E-state index in [1.165, 1.54) is 35.6 Å². The Morgan fingerprint density at radius 1 is 1.12 bits per heavy atom. The van der Waals surface area contributed by atoms with Gasteiger partial charge < -0.3 is 9.67 Å². The summed E-state index contributed by atoms with van der Waals surface area (Å²) in [5, 5.41) is 12.5. The number of aliphatic carboxylic acids is 1. The van der Waals surface area contributed by atoms with Gasteiger partial charge in [-0.25, -0.2) is 8.78 Å². The number of halogens is 2. The Kier molecular flexibility index (Phi) is 3.58. The van der Waals surface area contributed by atoms with E-state index in [0.29, 0.717) is 16.6 Å². The van der Waals surface area contributed by atoms with Crippen LogP contribution in [-0.4, -0.2) is 15.6 Å². The molecule has 0 amide bonds. The Balaban J connectivity index is 2.09. The molecule has 0 aliphatic heterocycles. The molecule has 2 aromatic carbocycles. The second kappa shape index (κ2) is 5.67. The standard InChI is InChI=1S/C19H13F2NO2S/c1-10-19(15-9-25-17-5-3-12(21)6-13(15)17)14-7-11(20)2-4-16(14)22(10)8-18(23)24/h2-7,9H,8H2,1H3,(H,23,24). The van der Waals surface area contributed by atoms with Crippen molar-refractivity contribution in [2.24, 2.45) is 0 Å². The van der Waals surface area contributed by atoms with Crippen molar-refractivity contribution in [2.75, 3.05) is 0 Å². The van der Waals surface area contributed by atoms with E-state index in [9.17, 15) is 18.7 Å². The number of aromatic nitrogens is 1. The third-order valence-electron chi connectivity index (χ3n) is 4.38. The number of nitrogens with zero attached hydrogens (tertiary/aromatic N) is 1. The molecule has 0 aliphatic rings. The normalized spacial score (nSPS) is 11.5. The molecule has 0 aliphatic carbocycles. The molecule has 3 nitrogen and oxygen atoms in total. The Bertz CT molecular complexity index is 1140. The maximum absolute atomic E-state index is 13.9. The average molecular weight is 357 g/mol. The first-order valence-electron chi connectivity index (χ1n) is 7.63. The summed E-state index contributed by atoms with van der Waals surface area (Å²) in [6, 6.07) is 8.88. The molecule has 0 saturated heterocycles. The van der Waals surface area contributed by atoms with Gasteiger partial charge in [-0.05, 0) is 48.7 Å². The summed E-state index contributed by atoms with van der Waals surface area (Å²) in [5.41, 5.74) is 2.89. The molecule has 0 bridgehead atoms. The zero-order valence-corrected chi connectivity index (χ0v) is 14.0. The van der Waals surface area contributed by atoms with Crippen molar-refractivity contribution < 1.29 is 18.7 Å². The first-order chi connectivity index (χ1) is 12.0. The minimum Gasteiger partial charge on any atom is -0.480 e. The van der Waals surface area contributed by atoms with E-state index >= 15 is 0 Å². The van der Waals surface area contributed by atoms with Crippen LogP contribution in [-0.2, 0) is 11.3 Å². The van der Waals surface area contributed by atoms with Crippen LogP contribution >= 0.6 is 11.3 Å². The molecular weight excluding hydrogens is 344 g/mol. The van der Waals surface area contributed by atoms with E-state index in [2.05, 4.69) is 0 Å². The van der Waals surface area contributed by atoms with Gasteiger partial charge in [-0.2, -0.15) is 0 Å². The Hall–Kier alpha value is -2.73. The smallest absolute Gasteiger partial charge is 0.323 e. The van der Waals surface area contributed by atoms with Gasteiger partial charge in [0.1, 0.15) is 18.2 Å². The second-order valence-electron chi connectivity index (χ2n) is 5.89. The fraction of sp³-hybridized carbons (Fsp3) is 0.105. The third-order valence-corrected chi connectivity index (χ3v) is 5.35. The number of fused-ring (bicyclic) bond motifs is 2. The van der Waals surface area contributed by atoms with Crippen molar-refractivity contribution in [2.45, 2.75) is 13.5 Å². The van der Waals surface area contributed by atoms with Gasteiger partial charge in [0.05, 0.1) is 0 Å². The van der Waals surface area contributed by atoms with Crippen LogP contribution in [0, 0.1) is 18.6 Å². The highest BCUT2D eigenvalue weighted by molar-refractivity contribution is 7.17. The number of hydrogen-bond donors (Lipinski definition) is 1. The van der Waals surface area contributed by atoms with Gasteiger partial charge in [0, 0.05) is 37.8 Å². The second-order valence-corrected chi connectivity index (χ2v) is 6.80. The molecule has 2 aromatic heterocycles. The number of thiophene rings is 1. The van der Waals surface area contributed by atoms with Crippen molar-refractivity contribution in [3.05, 3.63) is 59.1 Å². The minimum absolute atomic E-state index is 0.218. The van der Waals surface area contributed by atoms with Gasteiger partial charge in [0.25, 0.3) is 0 Å². The van der Waals surface area contributed by atoms with Gasteiger partial charge >= 0.3 is 5.97 Å². The Labute approximate surface area is 145 Å². The highest BCUT2D eigenvalue weighted by Gasteiger charge is 2.20. The molecule has 0 fully saturated rings. The molecule has 4 rings (SSSR count). The van der Waals surface area contributed by atoms with Crippen LogP contribution in [0.25, 0.3) is 32.1 Å². The molecule has 2 heterocycles. The van der Waals surface area contributed by atoms with Gasteiger partial charge in [-0.15, -0.1) is 11.3 Å². The summed E-state index contributed by atoms with van der Waals surface area (Å²) < 4.78 is 30.2. The predicted octanol–water partition coefficient (Wildman–Crippen LogP) is 5.19. The maximum Gasteiger partial charge on any atom is 0.323 e. The van der Waals surface area contributed by atoms with Crippen molar-refractivity contribution >= 4 is 38.3 Å². The van der Waals surface area contributed by atoms with E-state index in [0.717, 1.165) is 21.2 Å². The molecule has 0 radical (unpaired) electrons. The summed E-state index contributed by atoms with van der Waals surface area (Å²) in [6.07, 6.45) is 0. The lowest BCUT2D eigenvalue weighted by molar-refractivity contribution is -0.137. The number of rotatable bonds is 3. The molecular formula is C19H13F2NO2S. The Morgan fingerprint density at radius 2 is 1.80 bits per heavy atom. The molecule has 0 saturated carbocycles. The number of carboxylic acid groups (broad SMARTS) is 1. The van der Waals surface area contributed by atoms with Crippen molar-refractivity contribution in [3.63, 3.8) is 0 Å². The van der Waals surface area contributed by atoms with Crippen LogP contribution < -0.4 is 0 Å². The molecule has 25 heavy (non-hydrogen) atoms. The lowest BCUT2D eigenvalue weighted by atomic mass is 10.0. The summed E-state index contributed by atoms with van der Waals surface area (Å²) in [6.45, 7) is 1.59. The highest BCUT2D eigenvalue weighted by atomic mass is 32.1. The van der Waals surface area contributed by atoms with E-state index in [1.54, 1.807) is 23.6 Å².